The summed E-state index contributed by atoms with van der Waals surface area (Å²) in [5.41, 5.74) is 3.99. The summed E-state index contributed by atoms with van der Waals surface area (Å²) >= 11 is 0. The highest BCUT2D eigenvalue weighted by atomic mass is 16.2. The highest BCUT2D eigenvalue weighted by molar-refractivity contribution is 5.94. The van der Waals surface area contributed by atoms with Gasteiger partial charge in [-0.2, -0.15) is 0 Å². The minimum atomic E-state index is 0.119. The summed E-state index contributed by atoms with van der Waals surface area (Å²) < 4.78 is 0. The van der Waals surface area contributed by atoms with Gasteiger partial charge in [-0.3, -0.25) is 9.78 Å². The van der Waals surface area contributed by atoms with Gasteiger partial charge in [-0.15, -0.1) is 0 Å². The minimum absolute atomic E-state index is 0.119. The monoisotopic (exact) mass is 281 g/mol. The number of amides is 1. The summed E-state index contributed by atoms with van der Waals surface area (Å²) in [4.78, 5) is 18.5. The average Bonchev–Trinajstić information content (AvgIpc) is 2.55. The standard InChI is InChI=1S/C17H19N3O/c1-13-12-16(6-7-19-13)14-2-4-15(5-3-14)17(21)20-10-8-18-9-11-20/h2-7,12,18H,8-11H2,1H3. The number of piperazine rings is 1. The quantitative estimate of drug-likeness (QED) is 0.917. The van der Waals surface area contributed by atoms with E-state index in [4.69, 9.17) is 0 Å². The Hall–Kier alpha value is -2.20. The van der Waals surface area contributed by atoms with Crippen LogP contribution in [-0.4, -0.2) is 42.0 Å². The van der Waals surface area contributed by atoms with Gasteiger partial charge in [-0.05, 0) is 42.3 Å². The van der Waals surface area contributed by atoms with Gasteiger partial charge < -0.3 is 10.2 Å². The Morgan fingerprint density at radius 1 is 1.10 bits per heavy atom. The number of nitrogens with zero attached hydrogens (tertiary/aromatic N) is 2. The number of aryl methyl sites for hydroxylation is 1. The molecule has 4 nitrogen and oxygen atoms in total. The van der Waals surface area contributed by atoms with Crippen LogP contribution in [0.3, 0.4) is 0 Å². The van der Waals surface area contributed by atoms with Gasteiger partial charge in [0.1, 0.15) is 0 Å². The van der Waals surface area contributed by atoms with Crippen molar-refractivity contribution in [2.24, 2.45) is 0 Å². The summed E-state index contributed by atoms with van der Waals surface area (Å²) in [6.45, 7) is 5.29. The van der Waals surface area contributed by atoms with Gasteiger partial charge in [0.2, 0.25) is 0 Å². The van der Waals surface area contributed by atoms with E-state index in [0.717, 1.165) is 48.6 Å². The first kappa shape index (κ1) is 13.8. The van der Waals surface area contributed by atoms with Crippen LogP contribution in [0.15, 0.2) is 42.6 Å². The molecule has 2 aromatic rings. The Morgan fingerprint density at radius 3 is 2.48 bits per heavy atom. The Kier molecular flexibility index (Phi) is 3.97. The molecule has 1 N–H and O–H groups in total. The molecule has 4 heteroatoms. The maximum absolute atomic E-state index is 12.4. The second-order valence-electron chi connectivity index (χ2n) is 5.31. The van der Waals surface area contributed by atoms with Crippen LogP contribution in [0.5, 0.6) is 0 Å². The molecule has 1 amide bonds. The van der Waals surface area contributed by atoms with Crippen molar-refractivity contribution in [2.45, 2.75) is 6.92 Å². The van der Waals surface area contributed by atoms with Gasteiger partial charge in [-0.25, -0.2) is 0 Å². The van der Waals surface area contributed by atoms with E-state index >= 15 is 0 Å². The lowest BCUT2D eigenvalue weighted by atomic mass is 10.0. The topological polar surface area (TPSA) is 45.2 Å². The maximum atomic E-state index is 12.4. The van der Waals surface area contributed by atoms with E-state index in [1.54, 1.807) is 0 Å². The number of aromatic nitrogens is 1. The first-order valence-corrected chi connectivity index (χ1v) is 7.27. The molecule has 0 unspecified atom stereocenters. The molecule has 1 saturated heterocycles. The molecule has 0 spiro atoms. The van der Waals surface area contributed by atoms with E-state index in [9.17, 15) is 4.79 Å². The van der Waals surface area contributed by atoms with Crippen LogP contribution in [-0.2, 0) is 0 Å². The molecule has 2 heterocycles. The van der Waals surface area contributed by atoms with Crippen molar-refractivity contribution in [3.63, 3.8) is 0 Å². The van der Waals surface area contributed by atoms with E-state index in [-0.39, 0.29) is 5.91 Å². The van der Waals surface area contributed by atoms with Crippen molar-refractivity contribution in [3.8, 4) is 11.1 Å². The van der Waals surface area contributed by atoms with Crippen LogP contribution in [0.25, 0.3) is 11.1 Å². The molecule has 1 aliphatic heterocycles. The molecule has 0 bridgehead atoms. The Morgan fingerprint density at radius 2 is 1.81 bits per heavy atom. The zero-order chi connectivity index (χ0) is 14.7. The first-order chi connectivity index (χ1) is 10.2. The van der Waals surface area contributed by atoms with Crippen molar-refractivity contribution in [2.75, 3.05) is 26.2 Å². The summed E-state index contributed by atoms with van der Waals surface area (Å²) in [7, 11) is 0. The summed E-state index contributed by atoms with van der Waals surface area (Å²) in [5, 5.41) is 3.26. The fraction of sp³-hybridized carbons (Fsp3) is 0.294. The zero-order valence-electron chi connectivity index (χ0n) is 12.2. The van der Waals surface area contributed by atoms with Crippen molar-refractivity contribution < 1.29 is 4.79 Å². The molecule has 1 aliphatic rings. The Labute approximate surface area is 124 Å². The minimum Gasteiger partial charge on any atom is -0.336 e. The van der Waals surface area contributed by atoms with Crippen molar-refractivity contribution in [1.29, 1.82) is 0 Å². The lowest BCUT2D eigenvalue weighted by Gasteiger charge is -2.27. The molecule has 0 radical (unpaired) electrons. The number of carbonyl (C=O) groups excluding carboxylic acids is 1. The SMILES string of the molecule is Cc1cc(-c2ccc(C(=O)N3CCNCC3)cc2)ccn1. The smallest absolute Gasteiger partial charge is 0.253 e. The Bertz CT molecular complexity index is 631. The fourth-order valence-corrected chi connectivity index (χ4v) is 2.58. The molecule has 108 valence electrons. The third-order valence-corrected chi connectivity index (χ3v) is 3.77. The van der Waals surface area contributed by atoms with Crippen molar-refractivity contribution >= 4 is 5.91 Å². The van der Waals surface area contributed by atoms with Crippen molar-refractivity contribution in [3.05, 3.63) is 53.9 Å². The van der Waals surface area contributed by atoms with Crippen molar-refractivity contribution in [1.82, 2.24) is 15.2 Å². The van der Waals surface area contributed by atoms with Crippen LogP contribution in [0.2, 0.25) is 0 Å². The predicted octanol–water partition coefficient (Wildman–Crippen LogP) is 2.10. The number of carbonyl (C=O) groups is 1. The highest BCUT2D eigenvalue weighted by Gasteiger charge is 2.17. The van der Waals surface area contributed by atoms with Crippen LogP contribution < -0.4 is 5.32 Å². The maximum Gasteiger partial charge on any atom is 0.253 e. The van der Waals surface area contributed by atoms with Crippen LogP contribution in [0.4, 0.5) is 0 Å². The normalized spacial score (nSPS) is 15.0. The number of rotatable bonds is 2. The average molecular weight is 281 g/mol. The lowest BCUT2D eigenvalue weighted by Crippen LogP contribution is -2.46. The van der Waals surface area contributed by atoms with E-state index in [0.29, 0.717) is 0 Å². The molecule has 0 atom stereocenters. The largest absolute Gasteiger partial charge is 0.336 e. The molecular formula is C17H19N3O. The zero-order valence-corrected chi connectivity index (χ0v) is 12.2. The molecule has 1 aromatic heterocycles. The third kappa shape index (κ3) is 3.11. The summed E-state index contributed by atoms with van der Waals surface area (Å²) in [6.07, 6.45) is 1.81. The summed E-state index contributed by atoms with van der Waals surface area (Å²) in [5.74, 6) is 0.119. The molecule has 0 saturated carbocycles. The van der Waals surface area contributed by atoms with Gasteiger partial charge in [0.15, 0.2) is 0 Å². The number of pyridine rings is 1. The van der Waals surface area contributed by atoms with Crippen LogP contribution in [0, 0.1) is 6.92 Å². The Balaban J connectivity index is 1.79. The predicted molar refractivity (Wildman–Crippen MR) is 83.2 cm³/mol. The van der Waals surface area contributed by atoms with Gasteiger partial charge in [-0.1, -0.05) is 12.1 Å². The van der Waals surface area contributed by atoms with Gasteiger partial charge in [0.05, 0.1) is 0 Å². The number of nitrogens with one attached hydrogen (secondary N) is 1. The van der Waals surface area contributed by atoms with Crippen LogP contribution in [0.1, 0.15) is 16.1 Å². The first-order valence-electron chi connectivity index (χ1n) is 7.27. The third-order valence-electron chi connectivity index (χ3n) is 3.77. The fourth-order valence-electron chi connectivity index (χ4n) is 2.58. The number of hydrogen-bond acceptors (Lipinski definition) is 3. The second kappa shape index (κ2) is 6.06. The number of hydrogen-bond donors (Lipinski definition) is 1. The summed E-state index contributed by atoms with van der Waals surface area (Å²) in [6, 6.07) is 11.9. The van der Waals surface area contributed by atoms with Gasteiger partial charge >= 0.3 is 0 Å². The second-order valence-corrected chi connectivity index (χ2v) is 5.31. The van der Waals surface area contributed by atoms with Gasteiger partial charge in [0.25, 0.3) is 5.91 Å². The lowest BCUT2D eigenvalue weighted by molar-refractivity contribution is 0.0736. The number of benzene rings is 1. The van der Waals surface area contributed by atoms with Crippen LogP contribution >= 0.6 is 0 Å². The molecule has 1 fully saturated rings. The molecule has 0 aliphatic carbocycles. The molecule has 3 rings (SSSR count). The van der Waals surface area contributed by atoms with Gasteiger partial charge in [0, 0.05) is 43.6 Å². The van der Waals surface area contributed by atoms with E-state index in [1.165, 1.54) is 0 Å². The van der Waals surface area contributed by atoms with E-state index < -0.39 is 0 Å². The molecule has 21 heavy (non-hydrogen) atoms. The van der Waals surface area contributed by atoms with E-state index in [2.05, 4.69) is 10.3 Å². The molecule has 1 aromatic carbocycles. The molecular weight excluding hydrogens is 262 g/mol. The highest BCUT2D eigenvalue weighted by Crippen LogP contribution is 2.20. The van der Waals surface area contributed by atoms with E-state index in [1.807, 2.05) is 54.4 Å².